The van der Waals surface area contributed by atoms with Crippen LogP contribution in [0.2, 0.25) is 0 Å². The number of hydrogen-bond acceptors (Lipinski definition) is 7. The zero-order valence-corrected chi connectivity index (χ0v) is 15.0. The van der Waals surface area contributed by atoms with Gasteiger partial charge in [-0.3, -0.25) is 4.79 Å². The van der Waals surface area contributed by atoms with Gasteiger partial charge in [-0.1, -0.05) is 0 Å². The summed E-state index contributed by atoms with van der Waals surface area (Å²) in [4.78, 5) is 21.1. The molecule has 0 fully saturated rings. The van der Waals surface area contributed by atoms with E-state index in [9.17, 15) is 4.79 Å². The molecule has 1 N–H and O–H groups in total. The summed E-state index contributed by atoms with van der Waals surface area (Å²) in [5.74, 6) is 0.973. The Labute approximate surface area is 147 Å². The molecule has 124 valence electrons. The summed E-state index contributed by atoms with van der Waals surface area (Å²) in [6, 6.07) is 5.21. The van der Waals surface area contributed by atoms with Crippen molar-refractivity contribution < 1.29 is 14.3 Å². The maximum Gasteiger partial charge on any atom is 0.258 e. The van der Waals surface area contributed by atoms with E-state index in [2.05, 4.69) is 15.3 Å². The largest absolute Gasteiger partial charge is 0.497 e. The lowest BCUT2D eigenvalue weighted by Gasteiger charge is -2.09. The third-order valence-corrected chi connectivity index (χ3v) is 5.17. The monoisotopic (exact) mass is 361 g/mol. The standard InChI is InChI=1S/C16H15N3O3S2/c1-21-10-4-9(5-11(6-10)22-2)19-15(20)12-7-24-14-13(12)17-8-18-16(14)23-3/h4-8H,1-3H3,(H,19,20). The number of amides is 1. The van der Waals surface area contributed by atoms with Crippen molar-refractivity contribution in [2.24, 2.45) is 0 Å². The van der Waals surface area contributed by atoms with Crippen molar-refractivity contribution in [2.45, 2.75) is 5.03 Å². The van der Waals surface area contributed by atoms with Gasteiger partial charge in [0.2, 0.25) is 0 Å². The van der Waals surface area contributed by atoms with Crippen molar-refractivity contribution in [1.29, 1.82) is 0 Å². The maximum absolute atomic E-state index is 12.6. The molecule has 0 saturated carbocycles. The minimum atomic E-state index is -0.234. The first kappa shape index (κ1) is 16.5. The van der Waals surface area contributed by atoms with E-state index in [1.54, 1.807) is 37.8 Å². The molecule has 1 aromatic carbocycles. The average molecular weight is 361 g/mol. The van der Waals surface area contributed by atoms with Gasteiger partial charge in [0.1, 0.15) is 22.9 Å². The van der Waals surface area contributed by atoms with Crippen LogP contribution in [0.15, 0.2) is 34.9 Å². The summed E-state index contributed by atoms with van der Waals surface area (Å²) < 4.78 is 11.4. The van der Waals surface area contributed by atoms with Crippen LogP contribution in [0.3, 0.4) is 0 Å². The third-order valence-electron chi connectivity index (χ3n) is 3.37. The second-order valence-corrected chi connectivity index (χ2v) is 6.44. The normalized spacial score (nSPS) is 10.6. The van der Waals surface area contributed by atoms with Crippen LogP contribution in [-0.4, -0.2) is 36.4 Å². The number of thiophene rings is 1. The van der Waals surface area contributed by atoms with Crippen LogP contribution in [0.4, 0.5) is 5.69 Å². The van der Waals surface area contributed by atoms with E-state index in [0.717, 1.165) is 9.73 Å². The van der Waals surface area contributed by atoms with Gasteiger partial charge in [-0.2, -0.15) is 0 Å². The quantitative estimate of drug-likeness (QED) is 0.552. The Morgan fingerprint density at radius 3 is 2.50 bits per heavy atom. The van der Waals surface area contributed by atoms with Crippen molar-refractivity contribution in [1.82, 2.24) is 9.97 Å². The van der Waals surface area contributed by atoms with Gasteiger partial charge in [-0.15, -0.1) is 23.1 Å². The molecule has 0 saturated heterocycles. The number of nitrogens with zero attached hydrogens (tertiary/aromatic N) is 2. The lowest BCUT2D eigenvalue weighted by atomic mass is 10.2. The van der Waals surface area contributed by atoms with Crippen molar-refractivity contribution >= 4 is 44.9 Å². The first-order valence-corrected chi connectivity index (χ1v) is 9.07. The Bertz CT molecular complexity index is 873. The van der Waals surface area contributed by atoms with Gasteiger partial charge < -0.3 is 14.8 Å². The lowest BCUT2D eigenvalue weighted by Crippen LogP contribution is -2.12. The fourth-order valence-corrected chi connectivity index (χ4v) is 3.92. The summed E-state index contributed by atoms with van der Waals surface area (Å²) in [7, 11) is 3.13. The highest BCUT2D eigenvalue weighted by atomic mass is 32.2. The number of methoxy groups -OCH3 is 2. The number of rotatable bonds is 5. The Balaban J connectivity index is 1.93. The Morgan fingerprint density at radius 1 is 1.17 bits per heavy atom. The number of thioether (sulfide) groups is 1. The second kappa shape index (κ2) is 7.06. The number of benzene rings is 1. The van der Waals surface area contributed by atoms with E-state index in [1.165, 1.54) is 29.4 Å². The van der Waals surface area contributed by atoms with Crippen LogP contribution in [0.25, 0.3) is 10.2 Å². The van der Waals surface area contributed by atoms with Gasteiger partial charge in [-0.25, -0.2) is 9.97 Å². The molecule has 8 heteroatoms. The Morgan fingerprint density at radius 2 is 1.88 bits per heavy atom. The minimum Gasteiger partial charge on any atom is -0.497 e. The Kier molecular flexibility index (Phi) is 4.86. The maximum atomic E-state index is 12.6. The molecule has 0 spiro atoms. The molecular formula is C16H15N3O3S2. The van der Waals surface area contributed by atoms with E-state index in [-0.39, 0.29) is 5.91 Å². The number of fused-ring (bicyclic) bond motifs is 1. The average Bonchev–Trinajstić information content (AvgIpc) is 3.05. The topological polar surface area (TPSA) is 73.3 Å². The lowest BCUT2D eigenvalue weighted by molar-refractivity contribution is 0.102. The van der Waals surface area contributed by atoms with Gasteiger partial charge in [0.05, 0.1) is 30.0 Å². The summed E-state index contributed by atoms with van der Waals surface area (Å²) in [5.41, 5.74) is 1.77. The van der Waals surface area contributed by atoms with Crippen LogP contribution in [0.5, 0.6) is 11.5 Å². The molecule has 24 heavy (non-hydrogen) atoms. The van der Waals surface area contributed by atoms with Crippen LogP contribution >= 0.6 is 23.1 Å². The predicted octanol–water partition coefficient (Wildman–Crippen LogP) is 3.68. The van der Waals surface area contributed by atoms with Crippen molar-refractivity contribution in [3.8, 4) is 11.5 Å². The SMILES string of the molecule is COc1cc(NC(=O)c2csc3c(SC)ncnc23)cc(OC)c1. The molecule has 2 aromatic heterocycles. The first-order valence-electron chi connectivity index (χ1n) is 6.97. The summed E-state index contributed by atoms with van der Waals surface area (Å²) in [6.07, 6.45) is 3.43. The number of hydrogen-bond donors (Lipinski definition) is 1. The number of carbonyl (C=O) groups excluding carboxylic acids is 1. The van der Waals surface area contributed by atoms with Gasteiger partial charge in [-0.05, 0) is 6.26 Å². The number of carbonyl (C=O) groups is 1. The number of nitrogens with one attached hydrogen (secondary N) is 1. The number of anilines is 1. The highest BCUT2D eigenvalue weighted by Crippen LogP contribution is 2.32. The molecule has 0 unspecified atom stereocenters. The van der Waals surface area contributed by atoms with Gasteiger partial charge >= 0.3 is 0 Å². The van der Waals surface area contributed by atoms with Gasteiger partial charge in [0.15, 0.2) is 0 Å². The molecule has 0 aliphatic carbocycles. The highest BCUT2D eigenvalue weighted by molar-refractivity contribution is 7.98. The van der Waals surface area contributed by atoms with Crippen LogP contribution in [0, 0.1) is 0 Å². The fourth-order valence-electron chi connectivity index (χ4n) is 2.21. The van der Waals surface area contributed by atoms with E-state index in [4.69, 9.17) is 9.47 Å². The van der Waals surface area contributed by atoms with Crippen LogP contribution in [0.1, 0.15) is 10.4 Å². The molecule has 0 bridgehead atoms. The third kappa shape index (κ3) is 3.15. The molecule has 3 rings (SSSR count). The molecule has 0 aliphatic rings. The summed E-state index contributed by atoms with van der Waals surface area (Å²) in [6.45, 7) is 0. The van der Waals surface area contributed by atoms with Crippen molar-refractivity contribution in [3.05, 3.63) is 35.5 Å². The first-order chi connectivity index (χ1) is 11.7. The highest BCUT2D eigenvalue weighted by Gasteiger charge is 2.17. The molecule has 0 aliphatic heterocycles. The summed E-state index contributed by atoms with van der Waals surface area (Å²) in [5, 5.41) is 5.53. The van der Waals surface area contributed by atoms with Crippen molar-refractivity contribution in [3.63, 3.8) is 0 Å². The molecule has 2 heterocycles. The minimum absolute atomic E-state index is 0.234. The van der Waals surface area contributed by atoms with Gasteiger partial charge in [0.25, 0.3) is 5.91 Å². The number of ether oxygens (including phenoxy) is 2. The summed E-state index contributed by atoms with van der Waals surface area (Å²) >= 11 is 3.00. The van der Waals surface area contributed by atoms with Gasteiger partial charge in [0, 0.05) is 29.3 Å². The molecular weight excluding hydrogens is 346 g/mol. The molecule has 0 radical (unpaired) electrons. The van der Waals surface area contributed by atoms with Crippen LogP contribution in [-0.2, 0) is 0 Å². The van der Waals surface area contributed by atoms with E-state index in [1.807, 2.05) is 6.26 Å². The zero-order valence-electron chi connectivity index (χ0n) is 13.3. The smallest absolute Gasteiger partial charge is 0.258 e. The second-order valence-electron chi connectivity index (χ2n) is 4.77. The molecule has 0 atom stereocenters. The van der Waals surface area contributed by atoms with E-state index < -0.39 is 0 Å². The molecule has 6 nitrogen and oxygen atoms in total. The number of aromatic nitrogens is 2. The predicted molar refractivity (Wildman–Crippen MR) is 96.7 cm³/mol. The van der Waals surface area contributed by atoms with Crippen LogP contribution < -0.4 is 14.8 Å². The van der Waals surface area contributed by atoms with E-state index in [0.29, 0.717) is 28.3 Å². The zero-order chi connectivity index (χ0) is 17.1. The van der Waals surface area contributed by atoms with E-state index >= 15 is 0 Å². The fraction of sp³-hybridized carbons (Fsp3) is 0.188. The Hall–Kier alpha value is -2.32. The van der Waals surface area contributed by atoms with Crippen molar-refractivity contribution in [2.75, 3.05) is 25.8 Å². The molecule has 1 amide bonds. The molecule has 3 aromatic rings.